The zero-order valence-electron chi connectivity index (χ0n) is 12.9. The molecule has 0 saturated carbocycles. The van der Waals surface area contributed by atoms with Crippen LogP contribution in [0.3, 0.4) is 0 Å². The fourth-order valence-corrected chi connectivity index (χ4v) is 4.18. The van der Waals surface area contributed by atoms with Gasteiger partial charge in [0, 0.05) is 22.1 Å². The van der Waals surface area contributed by atoms with Crippen LogP contribution < -0.4 is 9.47 Å². The number of nitrogens with zero attached hydrogens (tertiary/aromatic N) is 1. The van der Waals surface area contributed by atoms with Crippen molar-refractivity contribution in [2.75, 3.05) is 40.6 Å². The number of hydrogen-bond acceptors (Lipinski definition) is 5. The predicted octanol–water partition coefficient (Wildman–Crippen LogP) is 3.93. The number of likely N-dealkylation sites (N-methyl/N-ethyl adjacent to an activating group) is 1. The Hall–Kier alpha value is -1.04. The maximum Gasteiger partial charge on any atom is 0.126 e. The summed E-state index contributed by atoms with van der Waals surface area (Å²) in [4.78, 5) is 2.18. The van der Waals surface area contributed by atoms with Gasteiger partial charge < -0.3 is 14.4 Å². The number of rotatable bonds is 5. The van der Waals surface area contributed by atoms with Gasteiger partial charge in [0.1, 0.15) is 11.5 Å². The molecule has 3 nitrogen and oxygen atoms in total. The van der Waals surface area contributed by atoms with Gasteiger partial charge in [0.15, 0.2) is 0 Å². The van der Waals surface area contributed by atoms with Crippen LogP contribution in [0.25, 0.3) is 5.57 Å². The van der Waals surface area contributed by atoms with Gasteiger partial charge in [-0.15, -0.1) is 11.8 Å². The number of thioether (sulfide) groups is 2. The van der Waals surface area contributed by atoms with Crippen molar-refractivity contribution in [3.05, 3.63) is 39.5 Å². The summed E-state index contributed by atoms with van der Waals surface area (Å²) >= 11 is 3.65. The van der Waals surface area contributed by atoms with E-state index in [1.807, 2.05) is 23.9 Å². The third kappa shape index (κ3) is 4.22. The standard InChI is InChI=1S/C16H21NO2S2/c1-17(2)11-14(16-20-8-5-9-21-16)13-10-12(18-3)6-7-15(13)19-4/h5-8,10H,9,11H2,1-4H3/b16-14-. The molecule has 0 spiro atoms. The van der Waals surface area contributed by atoms with Crippen molar-refractivity contribution in [2.24, 2.45) is 0 Å². The molecule has 5 heteroatoms. The van der Waals surface area contributed by atoms with Crippen molar-refractivity contribution in [1.82, 2.24) is 4.90 Å². The topological polar surface area (TPSA) is 21.7 Å². The Bertz CT molecular complexity index is 553. The molecule has 0 aromatic heterocycles. The predicted molar refractivity (Wildman–Crippen MR) is 94.2 cm³/mol. The largest absolute Gasteiger partial charge is 0.497 e. The Labute approximate surface area is 135 Å². The first kappa shape index (κ1) is 16.3. The van der Waals surface area contributed by atoms with Crippen molar-refractivity contribution in [1.29, 1.82) is 0 Å². The summed E-state index contributed by atoms with van der Waals surface area (Å²) < 4.78 is 12.3. The monoisotopic (exact) mass is 323 g/mol. The summed E-state index contributed by atoms with van der Waals surface area (Å²) in [7, 11) is 7.57. The van der Waals surface area contributed by atoms with Crippen LogP contribution in [0.15, 0.2) is 33.9 Å². The first-order valence-electron chi connectivity index (χ1n) is 6.70. The smallest absolute Gasteiger partial charge is 0.126 e. The van der Waals surface area contributed by atoms with E-state index < -0.39 is 0 Å². The maximum absolute atomic E-state index is 5.55. The molecule has 114 valence electrons. The van der Waals surface area contributed by atoms with Crippen molar-refractivity contribution < 1.29 is 9.47 Å². The van der Waals surface area contributed by atoms with E-state index in [-0.39, 0.29) is 0 Å². The van der Waals surface area contributed by atoms with Gasteiger partial charge in [0.25, 0.3) is 0 Å². The zero-order valence-corrected chi connectivity index (χ0v) is 14.5. The first-order chi connectivity index (χ1) is 10.2. The summed E-state index contributed by atoms with van der Waals surface area (Å²) in [5.74, 6) is 2.76. The van der Waals surface area contributed by atoms with Crippen LogP contribution >= 0.6 is 23.5 Å². The van der Waals surface area contributed by atoms with Crippen LogP contribution in [0.2, 0.25) is 0 Å². The average Bonchev–Trinajstić information content (AvgIpc) is 2.52. The molecule has 1 aromatic rings. The van der Waals surface area contributed by atoms with Crippen molar-refractivity contribution in [3.63, 3.8) is 0 Å². The molecular weight excluding hydrogens is 302 g/mol. The highest BCUT2D eigenvalue weighted by atomic mass is 32.2. The minimum Gasteiger partial charge on any atom is -0.497 e. The number of methoxy groups -OCH3 is 2. The highest BCUT2D eigenvalue weighted by molar-refractivity contribution is 8.24. The third-order valence-corrected chi connectivity index (χ3v) is 5.33. The maximum atomic E-state index is 5.55. The van der Waals surface area contributed by atoms with E-state index in [4.69, 9.17) is 9.47 Å². The molecule has 0 amide bonds. The number of ether oxygens (including phenoxy) is 2. The lowest BCUT2D eigenvalue weighted by molar-refractivity contribution is 0.401. The summed E-state index contributed by atoms with van der Waals surface area (Å²) in [5, 5.41) is 2.16. The molecule has 0 N–H and O–H groups in total. The van der Waals surface area contributed by atoms with E-state index in [1.165, 1.54) is 9.81 Å². The van der Waals surface area contributed by atoms with E-state index >= 15 is 0 Å². The highest BCUT2D eigenvalue weighted by Gasteiger charge is 2.17. The van der Waals surface area contributed by atoms with E-state index in [1.54, 1.807) is 26.0 Å². The fourth-order valence-electron chi connectivity index (χ4n) is 2.09. The van der Waals surface area contributed by atoms with Gasteiger partial charge in [-0.25, -0.2) is 0 Å². The quantitative estimate of drug-likeness (QED) is 0.816. The van der Waals surface area contributed by atoms with Gasteiger partial charge in [-0.05, 0) is 43.3 Å². The molecular formula is C16H21NO2S2. The SMILES string of the molecule is COc1ccc(OC)c(/C(CN(C)C)=C2/SC=CCS2)c1. The van der Waals surface area contributed by atoms with E-state index in [0.717, 1.165) is 29.4 Å². The molecule has 0 atom stereocenters. The van der Waals surface area contributed by atoms with Gasteiger partial charge in [0.2, 0.25) is 0 Å². The van der Waals surface area contributed by atoms with Crippen LogP contribution in [-0.2, 0) is 0 Å². The Morgan fingerprint density at radius 2 is 2.05 bits per heavy atom. The van der Waals surface area contributed by atoms with Crippen molar-refractivity contribution in [2.45, 2.75) is 0 Å². The van der Waals surface area contributed by atoms with Crippen LogP contribution in [-0.4, -0.2) is 45.5 Å². The Morgan fingerprint density at radius 3 is 2.62 bits per heavy atom. The Balaban J connectivity index is 2.52. The minimum atomic E-state index is 0.851. The Kier molecular flexibility index (Phi) is 6.08. The molecule has 1 aliphatic rings. The van der Waals surface area contributed by atoms with E-state index in [2.05, 4.69) is 36.5 Å². The fraction of sp³-hybridized carbons (Fsp3) is 0.375. The Morgan fingerprint density at radius 1 is 1.24 bits per heavy atom. The van der Waals surface area contributed by atoms with Crippen LogP contribution in [0.1, 0.15) is 5.56 Å². The zero-order chi connectivity index (χ0) is 15.2. The second kappa shape index (κ2) is 7.82. The van der Waals surface area contributed by atoms with Gasteiger partial charge in [-0.3, -0.25) is 0 Å². The molecule has 1 aromatic carbocycles. The highest BCUT2D eigenvalue weighted by Crippen LogP contribution is 2.42. The second-order valence-corrected chi connectivity index (χ2v) is 7.08. The van der Waals surface area contributed by atoms with Gasteiger partial charge in [-0.2, -0.15) is 0 Å². The molecule has 2 rings (SSSR count). The summed E-state index contributed by atoms with van der Waals surface area (Å²) in [6, 6.07) is 5.96. The lowest BCUT2D eigenvalue weighted by Crippen LogP contribution is -2.16. The molecule has 0 aliphatic carbocycles. The second-order valence-electron chi connectivity index (χ2n) is 4.87. The first-order valence-corrected chi connectivity index (χ1v) is 8.57. The molecule has 21 heavy (non-hydrogen) atoms. The van der Waals surface area contributed by atoms with E-state index in [9.17, 15) is 0 Å². The van der Waals surface area contributed by atoms with Crippen LogP contribution in [0.4, 0.5) is 0 Å². The van der Waals surface area contributed by atoms with Gasteiger partial charge in [0.05, 0.1) is 14.2 Å². The summed E-state index contributed by atoms with van der Waals surface area (Å²) in [5.41, 5.74) is 2.39. The van der Waals surface area contributed by atoms with Crippen LogP contribution in [0, 0.1) is 0 Å². The minimum absolute atomic E-state index is 0.851. The van der Waals surface area contributed by atoms with Gasteiger partial charge in [-0.1, -0.05) is 17.8 Å². The summed E-state index contributed by atoms with van der Waals surface area (Å²) in [6.45, 7) is 0.868. The number of benzene rings is 1. The molecule has 0 saturated heterocycles. The molecule has 0 radical (unpaired) electrons. The van der Waals surface area contributed by atoms with Crippen molar-refractivity contribution in [3.8, 4) is 11.5 Å². The van der Waals surface area contributed by atoms with Gasteiger partial charge >= 0.3 is 0 Å². The average molecular weight is 323 g/mol. The molecule has 0 unspecified atom stereocenters. The number of hydrogen-bond donors (Lipinski definition) is 0. The normalized spacial score (nSPS) is 17.0. The van der Waals surface area contributed by atoms with E-state index in [0.29, 0.717) is 0 Å². The molecule has 1 aliphatic heterocycles. The lowest BCUT2D eigenvalue weighted by Gasteiger charge is -2.21. The van der Waals surface area contributed by atoms with Crippen LogP contribution in [0.5, 0.6) is 11.5 Å². The summed E-state index contributed by atoms with van der Waals surface area (Å²) in [6.07, 6.45) is 2.19. The molecule has 0 fully saturated rings. The third-order valence-electron chi connectivity index (χ3n) is 3.03. The molecule has 0 bridgehead atoms. The lowest BCUT2D eigenvalue weighted by atomic mass is 10.1. The molecule has 1 heterocycles. The van der Waals surface area contributed by atoms with Crippen molar-refractivity contribution >= 4 is 29.1 Å².